The van der Waals surface area contributed by atoms with Gasteiger partial charge in [0.15, 0.2) is 10.0 Å². The van der Waals surface area contributed by atoms with E-state index in [0.29, 0.717) is 35.5 Å². The van der Waals surface area contributed by atoms with Crippen LogP contribution in [0.25, 0.3) is 0 Å². The summed E-state index contributed by atoms with van der Waals surface area (Å²) in [7, 11) is 0. The molecule has 1 saturated heterocycles. The molecular weight excluding hydrogens is 434 g/mol. The van der Waals surface area contributed by atoms with Crippen molar-refractivity contribution in [3.63, 3.8) is 0 Å². The number of carboxylic acid groups (broad SMARTS) is 1. The first-order chi connectivity index (χ1) is 13.3. The van der Waals surface area contributed by atoms with Crippen molar-refractivity contribution in [1.29, 1.82) is 0 Å². The zero-order valence-corrected chi connectivity index (χ0v) is 16.8. The number of ether oxygens (including phenoxy) is 1. The van der Waals surface area contributed by atoms with Crippen LogP contribution in [0.15, 0.2) is 21.9 Å². The van der Waals surface area contributed by atoms with Gasteiger partial charge in [0, 0.05) is 36.2 Å². The standard InChI is InChI=1S/C17H15ClF2N2O4S2/c18-15-11(20)5-9(19)6-13(15)26-7-10-1-2-14(23)22(10)3-4-27-17-21-12(8-28-17)16(24)25/h5-6,8,10H,1-4,7H2,(H,24,25). The number of rotatable bonds is 8. The lowest BCUT2D eigenvalue weighted by molar-refractivity contribution is -0.129. The zero-order chi connectivity index (χ0) is 20.3. The molecular formula is C17H15ClF2N2O4S2. The maximum Gasteiger partial charge on any atom is 0.355 e. The molecule has 11 heteroatoms. The molecule has 1 aliphatic rings. The Morgan fingerprint density at radius 2 is 2.25 bits per heavy atom. The van der Waals surface area contributed by atoms with Gasteiger partial charge in [-0.25, -0.2) is 18.6 Å². The van der Waals surface area contributed by atoms with Crippen LogP contribution in [0, 0.1) is 11.6 Å². The summed E-state index contributed by atoms with van der Waals surface area (Å²) < 4.78 is 32.9. The van der Waals surface area contributed by atoms with Crippen LogP contribution in [0.1, 0.15) is 23.3 Å². The lowest BCUT2D eigenvalue weighted by Gasteiger charge is -2.24. The summed E-state index contributed by atoms with van der Waals surface area (Å²) in [5.74, 6) is -2.38. The molecule has 1 aliphatic heterocycles. The fraction of sp³-hybridized carbons (Fsp3) is 0.353. The van der Waals surface area contributed by atoms with Gasteiger partial charge in [0.05, 0.1) is 6.04 Å². The van der Waals surface area contributed by atoms with Gasteiger partial charge in [-0.2, -0.15) is 0 Å². The van der Waals surface area contributed by atoms with Gasteiger partial charge in [-0.05, 0) is 6.42 Å². The number of thiazole rings is 1. The average molecular weight is 449 g/mol. The SMILES string of the molecule is O=C(O)c1csc(SCCN2C(=O)CCC2COc2cc(F)cc(F)c2Cl)n1. The van der Waals surface area contributed by atoms with Crippen molar-refractivity contribution in [2.75, 3.05) is 18.9 Å². The van der Waals surface area contributed by atoms with Crippen LogP contribution in [-0.2, 0) is 4.79 Å². The van der Waals surface area contributed by atoms with E-state index in [1.807, 2.05) is 0 Å². The predicted molar refractivity (Wildman–Crippen MR) is 101 cm³/mol. The number of likely N-dealkylation sites (tertiary alicyclic amines) is 1. The van der Waals surface area contributed by atoms with E-state index in [2.05, 4.69) is 4.98 Å². The Kier molecular flexibility index (Phi) is 6.73. The molecule has 1 fully saturated rings. The number of nitrogens with zero attached hydrogens (tertiary/aromatic N) is 2. The molecule has 1 N–H and O–H groups in total. The van der Waals surface area contributed by atoms with Gasteiger partial charge >= 0.3 is 5.97 Å². The first-order valence-electron chi connectivity index (χ1n) is 8.23. The molecule has 1 aromatic carbocycles. The molecule has 0 radical (unpaired) electrons. The molecule has 1 aromatic heterocycles. The number of thioether (sulfide) groups is 1. The summed E-state index contributed by atoms with van der Waals surface area (Å²) >= 11 is 8.38. The molecule has 0 saturated carbocycles. The summed E-state index contributed by atoms with van der Waals surface area (Å²) in [5.41, 5.74) is -0.00442. The van der Waals surface area contributed by atoms with Gasteiger partial charge in [0.2, 0.25) is 5.91 Å². The highest BCUT2D eigenvalue weighted by atomic mass is 35.5. The Hall–Kier alpha value is -1.91. The van der Waals surface area contributed by atoms with Crippen LogP contribution < -0.4 is 4.74 Å². The minimum atomic E-state index is -1.08. The van der Waals surface area contributed by atoms with E-state index < -0.39 is 17.6 Å². The first-order valence-corrected chi connectivity index (χ1v) is 10.5. The number of benzene rings is 1. The number of carbonyl (C=O) groups is 2. The minimum Gasteiger partial charge on any atom is -0.490 e. The normalized spacial score (nSPS) is 16.6. The number of carboxylic acids is 1. The monoisotopic (exact) mass is 448 g/mol. The summed E-state index contributed by atoms with van der Waals surface area (Å²) in [5, 5.41) is 10.0. The quantitative estimate of drug-likeness (QED) is 0.487. The van der Waals surface area contributed by atoms with E-state index >= 15 is 0 Å². The third kappa shape index (κ3) is 4.92. The second-order valence-corrected chi connectivity index (χ2v) is 8.52. The lowest BCUT2D eigenvalue weighted by atomic mass is 10.2. The Balaban J connectivity index is 1.55. The summed E-state index contributed by atoms with van der Waals surface area (Å²) in [4.78, 5) is 28.6. The van der Waals surface area contributed by atoms with E-state index in [-0.39, 0.29) is 35.0 Å². The van der Waals surface area contributed by atoms with Gasteiger partial charge in [-0.3, -0.25) is 4.79 Å². The van der Waals surface area contributed by atoms with Crippen LogP contribution in [0.3, 0.4) is 0 Å². The number of carbonyl (C=O) groups excluding carboxylic acids is 1. The molecule has 2 aromatic rings. The fourth-order valence-electron chi connectivity index (χ4n) is 2.75. The molecule has 2 heterocycles. The van der Waals surface area contributed by atoms with Crippen molar-refractivity contribution in [2.45, 2.75) is 23.2 Å². The number of halogens is 3. The van der Waals surface area contributed by atoms with E-state index in [0.717, 1.165) is 6.07 Å². The Morgan fingerprint density at radius 3 is 2.96 bits per heavy atom. The zero-order valence-electron chi connectivity index (χ0n) is 14.4. The van der Waals surface area contributed by atoms with E-state index in [1.165, 1.54) is 28.5 Å². The van der Waals surface area contributed by atoms with Gasteiger partial charge in [0.1, 0.15) is 29.0 Å². The third-order valence-electron chi connectivity index (χ3n) is 4.10. The smallest absolute Gasteiger partial charge is 0.355 e. The fourth-order valence-corrected chi connectivity index (χ4v) is 4.72. The summed E-state index contributed by atoms with van der Waals surface area (Å²) in [6, 6.07) is 1.44. The number of aromatic carboxylic acids is 1. The largest absolute Gasteiger partial charge is 0.490 e. The average Bonchev–Trinajstić information content (AvgIpc) is 3.25. The van der Waals surface area contributed by atoms with Crippen molar-refractivity contribution in [2.24, 2.45) is 0 Å². The maximum absolute atomic E-state index is 13.5. The molecule has 28 heavy (non-hydrogen) atoms. The van der Waals surface area contributed by atoms with Gasteiger partial charge in [0.25, 0.3) is 0 Å². The Labute approximate surface area is 172 Å². The molecule has 0 bridgehead atoms. The third-order valence-corrected chi connectivity index (χ3v) is 6.47. The Bertz CT molecular complexity index is 896. The number of amides is 1. The summed E-state index contributed by atoms with van der Waals surface area (Å²) in [6.07, 6.45) is 0.934. The minimum absolute atomic E-state index is 0.00442. The number of aromatic nitrogens is 1. The lowest BCUT2D eigenvalue weighted by Crippen LogP contribution is -2.38. The van der Waals surface area contributed by atoms with Gasteiger partial charge in [-0.1, -0.05) is 23.4 Å². The molecule has 0 aliphatic carbocycles. The molecule has 1 atom stereocenters. The Morgan fingerprint density at radius 1 is 1.46 bits per heavy atom. The van der Waals surface area contributed by atoms with Crippen LogP contribution in [0.5, 0.6) is 5.75 Å². The van der Waals surface area contributed by atoms with Gasteiger partial charge < -0.3 is 14.7 Å². The van der Waals surface area contributed by atoms with Crippen LogP contribution >= 0.6 is 34.7 Å². The van der Waals surface area contributed by atoms with Crippen molar-refractivity contribution < 1.29 is 28.2 Å². The van der Waals surface area contributed by atoms with Crippen molar-refractivity contribution in [3.05, 3.63) is 39.9 Å². The highest BCUT2D eigenvalue weighted by Crippen LogP contribution is 2.30. The molecule has 1 amide bonds. The molecule has 6 nitrogen and oxygen atoms in total. The van der Waals surface area contributed by atoms with Crippen molar-refractivity contribution >= 4 is 46.6 Å². The second kappa shape index (κ2) is 9.06. The highest BCUT2D eigenvalue weighted by molar-refractivity contribution is 8.01. The van der Waals surface area contributed by atoms with Crippen LogP contribution in [-0.4, -0.2) is 51.8 Å². The van der Waals surface area contributed by atoms with Crippen LogP contribution in [0.4, 0.5) is 8.78 Å². The molecule has 3 rings (SSSR count). The topological polar surface area (TPSA) is 79.7 Å². The molecule has 0 spiro atoms. The van der Waals surface area contributed by atoms with Gasteiger partial charge in [-0.15, -0.1) is 11.3 Å². The molecule has 1 unspecified atom stereocenters. The predicted octanol–water partition coefficient (Wildman–Crippen LogP) is 3.94. The van der Waals surface area contributed by atoms with Crippen molar-refractivity contribution in [1.82, 2.24) is 9.88 Å². The van der Waals surface area contributed by atoms with E-state index in [9.17, 15) is 18.4 Å². The number of hydrogen-bond acceptors (Lipinski definition) is 6. The number of hydrogen-bond donors (Lipinski definition) is 1. The van der Waals surface area contributed by atoms with Crippen molar-refractivity contribution in [3.8, 4) is 5.75 Å². The second-order valence-electron chi connectivity index (χ2n) is 5.94. The van der Waals surface area contributed by atoms with Crippen LogP contribution in [0.2, 0.25) is 5.02 Å². The van der Waals surface area contributed by atoms with E-state index in [1.54, 1.807) is 4.90 Å². The summed E-state index contributed by atoms with van der Waals surface area (Å²) in [6.45, 7) is 0.490. The van der Waals surface area contributed by atoms with E-state index in [4.69, 9.17) is 21.4 Å². The highest BCUT2D eigenvalue weighted by Gasteiger charge is 2.31. The maximum atomic E-state index is 13.5. The first kappa shape index (κ1) is 20.8. The molecule has 150 valence electrons.